The molecule has 2 fully saturated rings. The summed E-state index contributed by atoms with van der Waals surface area (Å²) in [6.07, 6.45) is 6.00. The Kier molecular flexibility index (Phi) is 5.83. The van der Waals surface area contributed by atoms with Crippen molar-refractivity contribution in [2.75, 3.05) is 49.2 Å². The van der Waals surface area contributed by atoms with Gasteiger partial charge in [-0.05, 0) is 44.7 Å². The molecule has 2 aliphatic heterocycles. The summed E-state index contributed by atoms with van der Waals surface area (Å²) in [5, 5.41) is 0. The van der Waals surface area contributed by atoms with E-state index < -0.39 is 0 Å². The predicted molar refractivity (Wildman–Crippen MR) is 127 cm³/mol. The van der Waals surface area contributed by atoms with E-state index in [1.54, 1.807) is 0 Å². The van der Waals surface area contributed by atoms with Crippen LogP contribution in [0.3, 0.4) is 0 Å². The van der Waals surface area contributed by atoms with Crippen LogP contribution in [-0.4, -0.2) is 59.3 Å². The van der Waals surface area contributed by atoms with E-state index in [0.717, 1.165) is 69.6 Å². The Hall–Kier alpha value is -2.93. The maximum Gasteiger partial charge on any atom is 0.227 e. The van der Waals surface area contributed by atoms with Gasteiger partial charge in [0.05, 0.1) is 25.2 Å². The van der Waals surface area contributed by atoms with Crippen LogP contribution < -0.4 is 9.80 Å². The summed E-state index contributed by atoms with van der Waals surface area (Å²) in [6.45, 7) is 11.5. The summed E-state index contributed by atoms with van der Waals surface area (Å²) in [5.41, 5.74) is 7.26. The topological polar surface area (TPSA) is 70.2 Å². The quantitative estimate of drug-likeness (QED) is 0.672. The van der Waals surface area contributed by atoms with Crippen LogP contribution in [0.2, 0.25) is 0 Å². The van der Waals surface area contributed by atoms with Gasteiger partial charge in [-0.2, -0.15) is 4.98 Å². The second-order valence-electron chi connectivity index (χ2n) is 9.00. The summed E-state index contributed by atoms with van der Waals surface area (Å²) in [5.74, 6) is 2.36. The van der Waals surface area contributed by atoms with Crippen molar-refractivity contribution in [2.24, 2.45) is 0 Å². The van der Waals surface area contributed by atoms with Gasteiger partial charge in [0, 0.05) is 49.6 Å². The van der Waals surface area contributed by atoms with Crippen LogP contribution in [0, 0.1) is 20.8 Å². The Morgan fingerprint density at radius 2 is 1.72 bits per heavy atom. The number of hydrogen-bond donors (Lipinski definition) is 1. The second-order valence-corrected chi connectivity index (χ2v) is 9.00. The third-order valence-electron chi connectivity index (χ3n) is 6.78. The van der Waals surface area contributed by atoms with Gasteiger partial charge in [-0.15, -0.1) is 0 Å². The molecular weight excluding hydrogens is 400 g/mol. The fraction of sp³-hybridized carbons (Fsp3) is 0.480. The van der Waals surface area contributed by atoms with Gasteiger partial charge < -0.3 is 19.5 Å². The first-order valence-electron chi connectivity index (χ1n) is 11.6. The van der Waals surface area contributed by atoms with Crippen molar-refractivity contribution in [3.05, 3.63) is 53.2 Å². The van der Waals surface area contributed by atoms with Gasteiger partial charge in [0.15, 0.2) is 0 Å². The average molecular weight is 433 g/mol. The van der Waals surface area contributed by atoms with Gasteiger partial charge in [0.1, 0.15) is 5.82 Å². The molecule has 0 spiro atoms. The van der Waals surface area contributed by atoms with Gasteiger partial charge in [-0.1, -0.05) is 23.8 Å². The number of hydrogen-bond acceptors (Lipinski definition) is 6. The van der Waals surface area contributed by atoms with Crippen LogP contribution in [0.25, 0.3) is 11.1 Å². The molecule has 0 radical (unpaired) electrons. The summed E-state index contributed by atoms with van der Waals surface area (Å²) in [4.78, 5) is 22.4. The standard InChI is InChI=1S/C25H32N6O/c1-17-4-5-18(2)21(14-17)22-15-26-25(31-10-12-32-13-11-31)29-24(22)30-8-6-20(7-9-30)23-19(3)27-16-28-23/h4-5,14-16,20H,6-13H2,1-3H3,(H,27,28). The Morgan fingerprint density at radius 1 is 0.938 bits per heavy atom. The molecule has 7 heteroatoms. The Balaban J connectivity index is 1.48. The summed E-state index contributed by atoms with van der Waals surface area (Å²) in [7, 11) is 0. The number of H-pyrrole nitrogens is 1. The van der Waals surface area contributed by atoms with Crippen molar-refractivity contribution in [1.82, 2.24) is 19.9 Å². The molecule has 3 aromatic rings. The number of imidazole rings is 1. The molecule has 5 rings (SSSR count). The Labute approximate surface area is 189 Å². The molecular formula is C25H32N6O. The molecule has 0 bridgehead atoms. The largest absolute Gasteiger partial charge is 0.378 e. The molecule has 2 aliphatic rings. The van der Waals surface area contributed by atoms with Crippen molar-refractivity contribution in [1.29, 1.82) is 0 Å². The van der Waals surface area contributed by atoms with Crippen LogP contribution >= 0.6 is 0 Å². The smallest absolute Gasteiger partial charge is 0.227 e. The fourth-order valence-corrected chi connectivity index (χ4v) is 4.88. The molecule has 0 atom stereocenters. The van der Waals surface area contributed by atoms with E-state index in [-0.39, 0.29) is 0 Å². The lowest BCUT2D eigenvalue weighted by Gasteiger charge is -2.35. The maximum atomic E-state index is 5.53. The molecule has 0 saturated carbocycles. The zero-order valence-electron chi connectivity index (χ0n) is 19.3. The highest BCUT2D eigenvalue weighted by Gasteiger charge is 2.27. The van der Waals surface area contributed by atoms with E-state index in [2.05, 4.69) is 58.7 Å². The van der Waals surface area contributed by atoms with Crippen LogP contribution in [0.1, 0.15) is 41.3 Å². The highest BCUT2D eigenvalue weighted by molar-refractivity contribution is 5.78. The number of benzene rings is 1. The number of piperidine rings is 1. The number of aromatic nitrogens is 4. The lowest BCUT2D eigenvalue weighted by atomic mass is 9.92. The third-order valence-corrected chi connectivity index (χ3v) is 6.78. The van der Waals surface area contributed by atoms with Gasteiger partial charge in [-0.3, -0.25) is 0 Å². The highest BCUT2D eigenvalue weighted by atomic mass is 16.5. The van der Waals surface area contributed by atoms with E-state index in [4.69, 9.17) is 14.7 Å². The molecule has 0 amide bonds. The number of aryl methyl sites for hydroxylation is 3. The zero-order valence-corrected chi connectivity index (χ0v) is 19.3. The monoisotopic (exact) mass is 432 g/mol. The molecule has 2 aromatic heterocycles. The summed E-state index contributed by atoms with van der Waals surface area (Å²) < 4.78 is 5.53. The third kappa shape index (κ3) is 4.09. The first-order valence-corrected chi connectivity index (χ1v) is 11.6. The Bertz CT molecular complexity index is 1080. The van der Waals surface area contributed by atoms with Crippen molar-refractivity contribution in [2.45, 2.75) is 39.5 Å². The number of rotatable bonds is 4. The van der Waals surface area contributed by atoms with Crippen LogP contribution in [0.5, 0.6) is 0 Å². The van der Waals surface area contributed by atoms with E-state index in [1.807, 2.05) is 12.5 Å². The summed E-state index contributed by atoms with van der Waals surface area (Å²) in [6, 6.07) is 6.61. The lowest BCUT2D eigenvalue weighted by Crippen LogP contribution is -2.38. The first kappa shape index (κ1) is 20.9. The number of anilines is 2. The van der Waals surface area contributed by atoms with Gasteiger partial charge in [-0.25, -0.2) is 9.97 Å². The molecule has 4 heterocycles. The molecule has 0 unspecified atom stereocenters. The number of nitrogens with zero attached hydrogens (tertiary/aromatic N) is 5. The molecule has 7 nitrogen and oxygen atoms in total. The second kappa shape index (κ2) is 8.90. The van der Waals surface area contributed by atoms with E-state index in [9.17, 15) is 0 Å². The Morgan fingerprint density at radius 3 is 2.44 bits per heavy atom. The number of aromatic amines is 1. The maximum absolute atomic E-state index is 5.53. The molecule has 32 heavy (non-hydrogen) atoms. The molecule has 2 saturated heterocycles. The normalized spacial score (nSPS) is 17.7. The van der Waals surface area contributed by atoms with Crippen molar-refractivity contribution in [3.8, 4) is 11.1 Å². The minimum atomic E-state index is 0.502. The van der Waals surface area contributed by atoms with Gasteiger partial charge >= 0.3 is 0 Å². The van der Waals surface area contributed by atoms with Gasteiger partial charge in [0.2, 0.25) is 5.95 Å². The van der Waals surface area contributed by atoms with E-state index in [1.165, 1.54) is 28.1 Å². The number of ether oxygens (including phenoxy) is 1. The van der Waals surface area contributed by atoms with Crippen molar-refractivity contribution >= 4 is 11.8 Å². The van der Waals surface area contributed by atoms with Crippen LogP contribution in [0.15, 0.2) is 30.7 Å². The minimum absolute atomic E-state index is 0.502. The van der Waals surface area contributed by atoms with Crippen LogP contribution in [0.4, 0.5) is 11.8 Å². The van der Waals surface area contributed by atoms with E-state index >= 15 is 0 Å². The molecule has 0 aliphatic carbocycles. The fourth-order valence-electron chi connectivity index (χ4n) is 4.88. The lowest BCUT2D eigenvalue weighted by molar-refractivity contribution is 0.122. The summed E-state index contributed by atoms with van der Waals surface area (Å²) >= 11 is 0. The SMILES string of the molecule is Cc1ccc(C)c(-c2cnc(N3CCOCC3)nc2N2CCC(c3nc[nH]c3C)CC2)c1. The average Bonchev–Trinajstić information content (AvgIpc) is 3.27. The van der Waals surface area contributed by atoms with Gasteiger partial charge in [0.25, 0.3) is 0 Å². The van der Waals surface area contributed by atoms with E-state index in [0.29, 0.717) is 5.92 Å². The zero-order chi connectivity index (χ0) is 22.1. The molecule has 168 valence electrons. The van der Waals surface area contributed by atoms with Crippen LogP contribution in [-0.2, 0) is 4.74 Å². The van der Waals surface area contributed by atoms with Crippen molar-refractivity contribution < 1.29 is 4.74 Å². The minimum Gasteiger partial charge on any atom is -0.378 e. The molecule has 1 aromatic carbocycles. The number of morpholine rings is 1. The predicted octanol–water partition coefficient (Wildman–Crippen LogP) is 4.01. The number of nitrogens with one attached hydrogen (secondary N) is 1. The van der Waals surface area contributed by atoms with Crippen molar-refractivity contribution in [3.63, 3.8) is 0 Å². The molecule has 1 N–H and O–H groups in total. The first-order chi connectivity index (χ1) is 15.6. The highest BCUT2D eigenvalue weighted by Crippen LogP contribution is 2.37.